The second-order valence-electron chi connectivity index (χ2n) is 7.82. The Bertz CT molecular complexity index is 790. The average Bonchev–Trinajstić information content (AvgIpc) is 3.08. The summed E-state index contributed by atoms with van der Waals surface area (Å²) in [5.74, 6) is 0.396. The molecule has 154 valence electrons. The van der Waals surface area contributed by atoms with E-state index in [9.17, 15) is 13.2 Å². The van der Waals surface area contributed by atoms with Crippen LogP contribution in [0.2, 0.25) is 0 Å². The van der Waals surface area contributed by atoms with Crippen LogP contribution in [0.15, 0.2) is 23.2 Å². The first-order valence-corrected chi connectivity index (χ1v) is 9.32. The third kappa shape index (κ3) is 3.00. The zero-order valence-electron chi connectivity index (χ0n) is 15.9. The van der Waals surface area contributed by atoms with Gasteiger partial charge in [0.25, 0.3) is 0 Å². The first-order valence-electron chi connectivity index (χ1n) is 9.32. The van der Waals surface area contributed by atoms with E-state index < -0.39 is 18.5 Å². The molecule has 0 amide bonds. The van der Waals surface area contributed by atoms with Crippen LogP contribution < -0.4 is 10.5 Å². The van der Waals surface area contributed by atoms with Crippen molar-refractivity contribution in [3.8, 4) is 5.75 Å². The lowest BCUT2D eigenvalue weighted by Gasteiger charge is -2.45. The molecular formula is C19H24F3N3O3. The van der Waals surface area contributed by atoms with Crippen LogP contribution in [-0.2, 0) is 21.7 Å². The molecule has 3 aliphatic rings. The number of nitrogens with zero attached hydrogens (tertiary/aromatic N) is 2. The third-order valence-corrected chi connectivity index (χ3v) is 6.18. The van der Waals surface area contributed by atoms with Crippen molar-refractivity contribution < 1.29 is 27.5 Å². The third-order valence-electron chi connectivity index (χ3n) is 6.18. The van der Waals surface area contributed by atoms with Crippen molar-refractivity contribution in [2.45, 2.75) is 50.1 Å². The molecule has 0 radical (unpaired) electrons. The van der Waals surface area contributed by atoms with Crippen molar-refractivity contribution in [2.24, 2.45) is 16.1 Å². The maximum absolute atomic E-state index is 12.6. The van der Waals surface area contributed by atoms with Gasteiger partial charge in [-0.2, -0.15) is 13.2 Å². The van der Waals surface area contributed by atoms with E-state index in [-0.39, 0.29) is 23.2 Å². The summed E-state index contributed by atoms with van der Waals surface area (Å²) in [4.78, 5) is 10.9. The summed E-state index contributed by atoms with van der Waals surface area (Å²) >= 11 is 0. The molecule has 1 aliphatic heterocycles. The molecule has 28 heavy (non-hydrogen) atoms. The van der Waals surface area contributed by atoms with Gasteiger partial charge in [-0.15, -0.1) is 0 Å². The highest BCUT2D eigenvalue weighted by atomic mass is 19.4. The van der Waals surface area contributed by atoms with E-state index in [1.165, 1.54) is 5.06 Å². The highest BCUT2D eigenvalue weighted by Gasteiger charge is 2.63. The summed E-state index contributed by atoms with van der Waals surface area (Å²) in [7, 11) is 3.39. The summed E-state index contributed by atoms with van der Waals surface area (Å²) in [6.07, 6.45) is -0.102. The molecule has 6 nitrogen and oxygen atoms in total. The molecule has 0 aromatic heterocycles. The number of fused-ring (bicyclic) bond motifs is 3. The van der Waals surface area contributed by atoms with Crippen LogP contribution in [0.1, 0.15) is 36.8 Å². The molecule has 2 aliphatic carbocycles. The second-order valence-corrected chi connectivity index (χ2v) is 7.82. The van der Waals surface area contributed by atoms with Gasteiger partial charge >= 0.3 is 6.18 Å². The molecule has 0 saturated heterocycles. The second kappa shape index (κ2) is 6.52. The summed E-state index contributed by atoms with van der Waals surface area (Å²) in [5, 5.41) is 1.43. The topological polar surface area (TPSA) is 69.3 Å². The van der Waals surface area contributed by atoms with Gasteiger partial charge in [0.2, 0.25) is 11.7 Å². The molecule has 9 heteroatoms. The van der Waals surface area contributed by atoms with Gasteiger partial charge in [-0.1, -0.05) is 6.07 Å². The van der Waals surface area contributed by atoms with E-state index in [1.807, 2.05) is 6.07 Å². The number of halogens is 3. The quantitative estimate of drug-likeness (QED) is 0.846. The Kier molecular flexibility index (Phi) is 4.50. The Hall–Kier alpha value is -2.00. The normalized spacial score (nSPS) is 32.1. The first-order chi connectivity index (χ1) is 13.2. The molecule has 2 N–H and O–H groups in total. The summed E-state index contributed by atoms with van der Waals surface area (Å²) < 4.78 is 48.2. The highest BCUT2D eigenvalue weighted by molar-refractivity contribution is 5.79. The lowest BCUT2D eigenvalue weighted by atomic mass is 9.66. The largest absolute Gasteiger partial charge is 0.484 e. The fraction of sp³-hybridized carbons (Fsp3) is 0.632. The minimum atomic E-state index is -4.40. The number of nitrogens with two attached hydrogens (primary N) is 1. The lowest BCUT2D eigenvalue weighted by Crippen LogP contribution is -2.46. The molecule has 1 atom stereocenters. The van der Waals surface area contributed by atoms with Gasteiger partial charge < -0.3 is 15.2 Å². The van der Waals surface area contributed by atoms with Gasteiger partial charge in [0.15, 0.2) is 6.61 Å². The number of hydroxylamine groups is 2. The van der Waals surface area contributed by atoms with E-state index in [1.54, 1.807) is 26.3 Å². The number of rotatable bonds is 3. The van der Waals surface area contributed by atoms with Gasteiger partial charge in [0.05, 0.1) is 6.10 Å². The van der Waals surface area contributed by atoms with Gasteiger partial charge in [-0.3, -0.25) is 0 Å². The average molecular weight is 399 g/mol. The number of benzene rings is 1. The van der Waals surface area contributed by atoms with Crippen LogP contribution >= 0.6 is 0 Å². The Labute approximate surface area is 161 Å². The zero-order chi connectivity index (χ0) is 20.2. The molecule has 1 saturated carbocycles. The van der Waals surface area contributed by atoms with Crippen molar-refractivity contribution in [1.29, 1.82) is 0 Å². The number of hydrogen-bond acceptors (Lipinski definition) is 6. The molecular weight excluding hydrogens is 375 g/mol. The molecule has 4 rings (SSSR count). The van der Waals surface area contributed by atoms with Crippen molar-refractivity contribution in [3.63, 3.8) is 0 Å². The van der Waals surface area contributed by atoms with E-state index in [4.69, 9.17) is 25.0 Å². The SMILES string of the molecule is COC1CCC2(CC1)Cc1ccc(OCC(F)(F)F)cc1C21N=C(N)N(C)O1. The molecule has 1 heterocycles. The fourth-order valence-corrected chi connectivity index (χ4v) is 4.77. The molecule has 0 bridgehead atoms. The molecule has 2 spiro atoms. The number of alkyl halides is 3. The summed E-state index contributed by atoms with van der Waals surface area (Å²) in [5.41, 5.74) is 6.41. The minimum absolute atomic E-state index is 0.144. The van der Waals surface area contributed by atoms with Crippen molar-refractivity contribution in [2.75, 3.05) is 20.8 Å². The Morgan fingerprint density at radius 1 is 1.32 bits per heavy atom. The molecule has 1 aromatic rings. The monoisotopic (exact) mass is 399 g/mol. The van der Waals surface area contributed by atoms with Crippen molar-refractivity contribution in [3.05, 3.63) is 29.3 Å². The van der Waals surface area contributed by atoms with E-state index >= 15 is 0 Å². The molecule has 1 unspecified atom stereocenters. The predicted molar refractivity (Wildman–Crippen MR) is 95.5 cm³/mol. The standard InChI is InChI=1S/C19H24F3N3O3/c1-25-16(23)24-19(28-25)15-9-14(27-11-18(20,21)22)4-3-12(15)10-17(19)7-5-13(26-2)6-8-17/h3-4,9,13H,5-8,10-11H2,1-2H3,(H2,23,24). The summed E-state index contributed by atoms with van der Waals surface area (Å²) in [6.45, 7) is -1.34. The minimum Gasteiger partial charge on any atom is -0.484 e. The number of methoxy groups -OCH3 is 1. The Morgan fingerprint density at radius 3 is 2.61 bits per heavy atom. The van der Waals surface area contributed by atoms with Crippen LogP contribution in [-0.4, -0.2) is 44.1 Å². The van der Waals surface area contributed by atoms with Crippen LogP contribution in [0.3, 0.4) is 0 Å². The van der Waals surface area contributed by atoms with Crippen molar-refractivity contribution in [1.82, 2.24) is 5.06 Å². The van der Waals surface area contributed by atoms with Gasteiger partial charge in [-0.25, -0.2) is 14.9 Å². The van der Waals surface area contributed by atoms with E-state index in [2.05, 4.69) is 0 Å². The number of hydrogen-bond donors (Lipinski definition) is 1. The molecule has 1 aromatic carbocycles. The van der Waals surface area contributed by atoms with Crippen LogP contribution in [0.5, 0.6) is 5.75 Å². The number of ether oxygens (including phenoxy) is 2. The number of guanidine groups is 1. The predicted octanol–water partition coefficient (Wildman–Crippen LogP) is 3.10. The highest BCUT2D eigenvalue weighted by Crippen LogP contribution is 2.62. The van der Waals surface area contributed by atoms with Gasteiger partial charge in [-0.05, 0) is 49.8 Å². The smallest absolute Gasteiger partial charge is 0.422 e. The van der Waals surface area contributed by atoms with Crippen LogP contribution in [0, 0.1) is 5.41 Å². The van der Waals surface area contributed by atoms with Crippen molar-refractivity contribution >= 4 is 5.96 Å². The van der Waals surface area contributed by atoms with E-state index in [0.29, 0.717) is 0 Å². The molecule has 1 fully saturated rings. The van der Waals surface area contributed by atoms with E-state index in [0.717, 1.165) is 43.2 Å². The maximum atomic E-state index is 12.6. The Morgan fingerprint density at radius 2 is 2.04 bits per heavy atom. The van der Waals surface area contributed by atoms with Crippen LogP contribution in [0.25, 0.3) is 0 Å². The van der Waals surface area contributed by atoms with Gasteiger partial charge in [0.1, 0.15) is 5.75 Å². The first kappa shape index (κ1) is 19.3. The van der Waals surface area contributed by atoms with Gasteiger partial charge in [0, 0.05) is 25.1 Å². The number of aliphatic imine (C=N–C) groups is 1. The lowest BCUT2D eigenvalue weighted by molar-refractivity contribution is -0.232. The van der Waals surface area contributed by atoms with Crippen LogP contribution in [0.4, 0.5) is 13.2 Å². The maximum Gasteiger partial charge on any atom is 0.422 e. The Balaban J connectivity index is 1.72. The summed E-state index contributed by atoms with van der Waals surface area (Å²) in [6, 6.07) is 5.01. The zero-order valence-corrected chi connectivity index (χ0v) is 15.9. The fourth-order valence-electron chi connectivity index (χ4n) is 4.77.